The van der Waals surface area contributed by atoms with Crippen molar-refractivity contribution in [2.45, 2.75) is 18.9 Å². The maximum atomic E-state index is 5.48. The second-order valence-corrected chi connectivity index (χ2v) is 3.13. The molecule has 0 spiro atoms. The van der Waals surface area contributed by atoms with Gasteiger partial charge in [0.05, 0.1) is 12.1 Å². The molecule has 1 heterocycles. The Morgan fingerprint density at radius 2 is 2.55 bits per heavy atom. The first-order valence-electron chi connectivity index (χ1n) is 3.73. The zero-order valence-corrected chi connectivity index (χ0v) is 7.05. The van der Waals surface area contributed by atoms with E-state index in [9.17, 15) is 0 Å². The molecule has 4 heteroatoms. The molecule has 0 saturated heterocycles. The molecule has 1 rings (SSSR count). The second-order valence-electron chi connectivity index (χ2n) is 3.13. The third-order valence-corrected chi connectivity index (χ3v) is 1.89. The maximum Gasteiger partial charge on any atom is 0.189 e. The Morgan fingerprint density at radius 3 is 3.00 bits per heavy atom. The van der Waals surface area contributed by atoms with Crippen LogP contribution in [0.3, 0.4) is 0 Å². The van der Waals surface area contributed by atoms with Crippen molar-refractivity contribution in [2.75, 3.05) is 20.3 Å². The van der Waals surface area contributed by atoms with Crippen LogP contribution < -0.4 is 11.1 Å². The molecular formula is C7H15N3O. The third-order valence-electron chi connectivity index (χ3n) is 1.89. The Bertz CT molecular complexity index is 169. The summed E-state index contributed by atoms with van der Waals surface area (Å²) in [6, 6.07) is 0. The number of hydrogen-bond donors (Lipinski definition) is 2. The van der Waals surface area contributed by atoms with Gasteiger partial charge in [-0.05, 0) is 13.3 Å². The SMILES string of the molecule is COCCC1(C)CN=C(N)N1. The van der Waals surface area contributed by atoms with Gasteiger partial charge in [0.1, 0.15) is 0 Å². The summed E-state index contributed by atoms with van der Waals surface area (Å²) in [4.78, 5) is 4.07. The highest BCUT2D eigenvalue weighted by Gasteiger charge is 2.28. The molecule has 1 aliphatic rings. The quantitative estimate of drug-likeness (QED) is 0.591. The van der Waals surface area contributed by atoms with Crippen LogP contribution in [-0.4, -0.2) is 31.8 Å². The highest BCUT2D eigenvalue weighted by Crippen LogP contribution is 2.13. The molecule has 11 heavy (non-hydrogen) atoms. The van der Waals surface area contributed by atoms with Crippen LogP contribution in [0.4, 0.5) is 0 Å². The zero-order valence-electron chi connectivity index (χ0n) is 7.05. The lowest BCUT2D eigenvalue weighted by Crippen LogP contribution is -2.46. The van der Waals surface area contributed by atoms with E-state index in [0.717, 1.165) is 19.6 Å². The van der Waals surface area contributed by atoms with Gasteiger partial charge < -0.3 is 15.8 Å². The monoisotopic (exact) mass is 157 g/mol. The predicted octanol–water partition coefficient (Wildman–Crippen LogP) is -0.300. The molecule has 1 atom stereocenters. The van der Waals surface area contributed by atoms with E-state index in [1.165, 1.54) is 0 Å². The lowest BCUT2D eigenvalue weighted by atomic mass is 10.00. The van der Waals surface area contributed by atoms with E-state index in [2.05, 4.69) is 17.2 Å². The topological polar surface area (TPSA) is 59.6 Å². The lowest BCUT2D eigenvalue weighted by molar-refractivity contribution is 0.170. The fourth-order valence-corrected chi connectivity index (χ4v) is 1.12. The van der Waals surface area contributed by atoms with E-state index >= 15 is 0 Å². The van der Waals surface area contributed by atoms with Crippen LogP contribution in [0.15, 0.2) is 4.99 Å². The van der Waals surface area contributed by atoms with Crippen molar-refractivity contribution in [3.05, 3.63) is 0 Å². The molecule has 3 N–H and O–H groups in total. The van der Waals surface area contributed by atoms with Gasteiger partial charge in [0.2, 0.25) is 0 Å². The van der Waals surface area contributed by atoms with Crippen LogP contribution in [0, 0.1) is 0 Å². The average molecular weight is 157 g/mol. The summed E-state index contributed by atoms with van der Waals surface area (Å²) in [5.74, 6) is 0.545. The van der Waals surface area contributed by atoms with E-state index < -0.39 is 0 Å². The Morgan fingerprint density at radius 1 is 1.82 bits per heavy atom. The molecule has 0 aliphatic carbocycles. The highest BCUT2D eigenvalue weighted by atomic mass is 16.5. The van der Waals surface area contributed by atoms with Crippen LogP contribution in [0.1, 0.15) is 13.3 Å². The van der Waals surface area contributed by atoms with Gasteiger partial charge in [-0.3, -0.25) is 4.99 Å². The van der Waals surface area contributed by atoms with E-state index in [1.807, 2.05) is 0 Å². The van der Waals surface area contributed by atoms with Crippen molar-refractivity contribution in [3.8, 4) is 0 Å². The fraction of sp³-hybridized carbons (Fsp3) is 0.857. The first-order valence-corrected chi connectivity index (χ1v) is 3.73. The molecule has 0 radical (unpaired) electrons. The molecule has 1 aliphatic heterocycles. The average Bonchev–Trinajstić information content (AvgIpc) is 2.28. The number of nitrogens with zero attached hydrogens (tertiary/aromatic N) is 1. The van der Waals surface area contributed by atoms with Crippen LogP contribution in [0.5, 0.6) is 0 Å². The molecular weight excluding hydrogens is 142 g/mol. The smallest absolute Gasteiger partial charge is 0.189 e. The van der Waals surface area contributed by atoms with Crippen molar-refractivity contribution < 1.29 is 4.74 Å². The van der Waals surface area contributed by atoms with Gasteiger partial charge in [-0.1, -0.05) is 0 Å². The normalized spacial score (nSPS) is 29.8. The van der Waals surface area contributed by atoms with Crippen LogP contribution in [0.25, 0.3) is 0 Å². The molecule has 1 unspecified atom stereocenters. The summed E-state index contributed by atoms with van der Waals surface area (Å²) >= 11 is 0. The van der Waals surface area contributed by atoms with Crippen molar-refractivity contribution >= 4 is 5.96 Å². The van der Waals surface area contributed by atoms with Gasteiger partial charge in [0, 0.05) is 13.7 Å². The van der Waals surface area contributed by atoms with Crippen LogP contribution in [-0.2, 0) is 4.74 Å². The number of ether oxygens (including phenoxy) is 1. The molecule has 0 aromatic heterocycles. The highest BCUT2D eigenvalue weighted by molar-refractivity contribution is 5.80. The molecule has 0 aromatic rings. The van der Waals surface area contributed by atoms with Gasteiger partial charge >= 0.3 is 0 Å². The maximum absolute atomic E-state index is 5.48. The van der Waals surface area contributed by atoms with Crippen molar-refractivity contribution in [1.29, 1.82) is 0 Å². The number of aliphatic imine (C=N–C) groups is 1. The summed E-state index contributed by atoms with van der Waals surface area (Å²) in [5, 5.41) is 3.11. The molecule has 0 saturated carbocycles. The van der Waals surface area contributed by atoms with Gasteiger partial charge in [-0.15, -0.1) is 0 Å². The van der Waals surface area contributed by atoms with Crippen molar-refractivity contribution in [1.82, 2.24) is 5.32 Å². The van der Waals surface area contributed by atoms with E-state index in [-0.39, 0.29) is 5.54 Å². The zero-order chi connectivity index (χ0) is 8.32. The molecule has 64 valence electrons. The second kappa shape index (κ2) is 3.09. The third kappa shape index (κ3) is 2.08. The number of rotatable bonds is 3. The van der Waals surface area contributed by atoms with E-state index in [1.54, 1.807) is 7.11 Å². The Labute approximate surface area is 66.8 Å². The minimum absolute atomic E-state index is 0.0140. The number of nitrogens with one attached hydrogen (secondary N) is 1. The minimum atomic E-state index is 0.0140. The van der Waals surface area contributed by atoms with Gasteiger partial charge in [-0.25, -0.2) is 0 Å². The first kappa shape index (κ1) is 8.33. The summed E-state index contributed by atoms with van der Waals surface area (Å²) in [7, 11) is 1.70. The summed E-state index contributed by atoms with van der Waals surface area (Å²) in [6.07, 6.45) is 0.938. The standard InChI is InChI=1S/C7H15N3O/c1-7(3-4-11-2)5-9-6(8)10-7/h3-5H2,1-2H3,(H3,8,9,10). The van der Waals surface area contributed by atoms with Gasteiger partial charge in [0.25, 0.3) is 0 Å². The summed E-state index contributed by atoms with van der Waals surface area (Å²) in [6.45, 7) is 3.59. The summed E-state index contributed by atoms with van der Waals surface area (Å²) in [5.41, 5.74) is 5.49. The largest absolute Gasteiger partial charge is 0.385 e. The van der Waals surface area contributed by atoms with E-state index in [0.29, 0.717) is 5.96 Å². The predicted molar refractivity (Wildman–Crippen MR) is 44.5 cm³/mol. The van der Waals surface area contributed by atoms with Crippen molar-refractivity contribution in [2.24, 2.45) is 10.7 Å². The van der Waals surface area contributed by atoms with Crippen molar-refractivity contribution in [3.63, 3.8) is 0 Å². The molecule has 0 amide bonds. The molecule has 0 aromatic carbocycles. The fourth-order valence-electron chi connectivity index (χ4n) is 1.12. The van der Waals surface area contributed by atoms with E-state index in [4.69, 9.17) is 10.5 Å². The lowest BCUT2D eigenvalue weighted by Gasteiger charge is -2.23. The van der Waals surface area contributed by atoms with Crippen LogP contribution in [0.2, 0.25) is 0 Å². The Hall–Kier alpha value is -0.770. The van der Waals surface area contributed by atoms with Crippen LogP contribution >= 0.6 is 0 Å². The number of guanidine groups is 1. The Balaban J connectivity index is 2.33. The minimum Gasteiger partial charge on any atom is -0.385 e. The molecule has 0 fully saturated rings. The number of methoxy groups -OCH3 is 1. The number of hydrogen-bond acceptors (Lipinski definition) is 4. The Kier molecular flexibility index (Phi) is 2.34. The summed E-state index contributed by atoms with van der Waals surface area (Å²) < 4.78 is 4.97. The van der Waals surface area contributed by atoms with Gasteiger partial charge in [-0.2, -0.15) is 0 Å². The van der Waals surface area contributed by atoms with Gasteiger partial charge in [0.15, 0.2) is 5.96 Å². The molecule has 0 bridgehead atoms. The number of nitrogens with two attached hydrogens (primary N) is 1. The first-order chi connectivity index (χ1) is 5.16. The molecule has 4 nitrogen and oxygen atoms in total.